The number of esters is 1. The molecule has 0 spiro atoms. The Labute approximate surface area is 147 Å². The highest BCUT2D eigenvalue weighted by Crippen LogP contribution is 2.53. The summed E-state index contributed by atoms with van der Waals surface area (Å²) in [5.74, 6) is 1.21. The number of amides is 2. The molecule has 1 aromatic carbocycles. The summed E-state index contributed by atoms with van der Waals surface area (Å²) in [6.45, 7) is 2.13. The van der Waals surface area contributed by atoms with Gasteiger partial charge in [-0.2, -0.15) is 0 Å². The first-order valence-electron chi connectivity index (χ1n) is 8.49. The zero-order chi connectivity index (χ0) is 17.6. The van der Waals surface area contributed by atoms with Gasteiger partial charge in [0, 0.05) is 18.4 Å². The van der Waals surface area contributed by atoms with E-state index in [0.717, 1.165) is 11.8 Å². The van der Waals surface area contributed by atoms with Crippen LogP contribution < -0.4 is 0 Å². The minimum absolute atomic E-state index is 0.0293. The molecule has 3 aliphatic rings. The lowest BCUT2D eigenvalue weighted by molar-refractivity contribution is -0.144. The molecule has 0 unspecified atom stereocenters. The van der Waals surface area contributed by atoms with Crippen molar-refractivity contribution < 1.29 is 19.1 Å². The highest BCUT2D eigenvalue weighted by molar-refractivity contribution is 6.21. The summed E-state index contributed by atoms with van der Waals surface area (Å²) in [4.78, 5) is 38.8. The van der Waals surface area contributed by atoms with Gasteiger partial charge in [-0.3, -0.25) is 19.3 Å². The molecule has 4 rings (SSSR count). The molecule has 2 saturated carbocycles. The van der Waals surface area contributed by atoms with Gasteiger partial charge in [-0.25, -0.2) is 0 Å². The molecular weight excluding hydrogens is 318 g/mol. The first-order chi connectivity index (χ1) is 12.1. The minimum Gasteiger partial charge on any atom is -0.466 e. The topological polar surface area (TPSA) is 63.7 Å². The van der Waals surface area contributed by atoms with Crippen LogP contribution in [0.2, 0.25) is 0 Å². The van der Waals surface area contributed by atoms with Gasteiger partial charge < -0.3 is 4.74 Å². The third-order valence-corrected chi connectivity index (χ3v) is 5.05. The summed E-state index contributed by atoms with van der Waals surface area (Å²) in [5.41, 5.74) is 0.906. The molecule has 1 heterocycles. The van der Waals surface area contributed by atoms with Crippen molar-refractivity contribution in [2.24, 2.45) is 5.92 Å². The normalized spacial score (nSPS) is 26.2. The zero-order valence-corrected chi connectivity index (χ0v) is 13.9. The molecule has 0 bridgehead atoms. The number of carbonyl (C=O) groups excluding carboxylic acids is 3. The van der Waals surface area contributed by atoms with E-state index < -0.39 is 0 Å². The maximum absolute atomic E-state index is 12.8. The van der Waals surface area contributed by atoms with Crippen LogP contribution in [-0.4, -0.2) is 35.3 Å². The molecule has 1 aliphatic heterocycles. The molecule has 1 aromatic rings. The maximum atomic E-state index is 12.8. The zero-order valence-electron chi connectivity index (χ0n) is 13.9. The Balaban J connectivity index is 1.58. The fourth-order valence-electron chi connectivity index (χ4n) is 4.00. The van der Waals surface area contributed by atoms with Crippen molar-refractivity contribution in [3.8, 4) is 0 Å². The summed E-state index contributed by atoms with van der Waals surface area (Å²) in [6.07, 6.45) is 6.65. The number of fused-ring (bicyclic) bond motifs is 2. The van der Waals surface area contributed by atoms with Gasteiger partial charge in [0.15, 0.2) is 0 Å². The molecule has 2 fully saturated rings. The standard InChI is InChI=1S/C20H18NO4/c1-2-25-18(22)11-12-10-17(14-9-5-8-13(12)14)21-19(23)15-6-3-4-7-16(15)20(21)24/h3-9,12,17H,2,10-11H2,1H3/t12-,17-/m1/s1. The Morgan fingerprint density at radius 1 is 1.12 bits per heavy atom. The third kappa shape index (κ3) is 2.57. The van der Waals surface area contributed by atoms with Crippen LogP contribution in [0.4, 0.5) is 0 Å². The monoisotopic (exact) mass is 336 g/mol. The second-order valence-corrected chi connectivity index (χ2v) is 6.42. The number of imide groups is 1. The van der Waals surface area contributed by atoms with Crippen LogP contribution in [0.5, 0.6) is 0 Å². The molecule has 0 saturated heterocycles. The number of hydrogen-bond acceptors (Lipinski definition) is 4. The Bertz CT molecular complexity index is 693. The molecule has 25 heavy (non-hydrogen) atoms. The molecule has 2 atom stereocenters. The second kappa shape index (κ2) is 6.28. The first kappa shape index (κ1) is 16.3. The van der Waals surface area contributed by atoms with Gasteiger partial charge in [-0.1, -0.05) is 12.1 Å². The quantitative estimate of drug-likeness (QED) is 0.626. The highest BCUT2D eigenvalue weighted by atomic mass is 16.5. The van der Waals surface area contributed by atoms with Crippen molar-refractivity contribution in [1.29, 1.82) is 0 Å². The average molecular weight is 336 g/mol. The van der Waals surface area contributed by atoms with Crippen molar-refractivity contribution in [3.63, 3.8) is 0 Å². The molecule has 5 radical (unpaired) electrons. The van der Waals surface area contributed by atoms with E-state index in [-0.39, 0.29) is 36.2 Å². The first-order valence-corrected chi connectivity index (χ1v) is 8.49. The summed E-state index contributed by atoms with van der Waals surface area (Å²) < 4.78 is 5.06. The molecule has 0 N–H and O–H groups in total. The lowest BCUT2D eigenvalue weighted by Gasteiger charge is -2.26. The van der Waals surface area contributed by atoms with E-state index in [4.69, 9.17) is 4.74 Å². The van der Waals surface area contributed by atoms with Gasteiger partial charge in [0.1, 0.15) is 0 Å². The average Bonchev–Trinajstić information content (AvgIpc) is 3.25. The van der Waals surface area contributed by atoms with Crippen LogP contribution in [0.25, 0.3) is 0 Å². The van der Waals surface area contributed by atoms with Crippen LogP contribution in [-0.2, 0) is 9.53 Å². The SMILES string of the molecule is CCOC(=O)C[C@H]1C[C@@H](N2C(=O)c3ccccc3C2=O)[C]2[CH][CH][CH][C]21. The van der Waals surface area contributed by atoms with E-state index in [9.17, 15) is 14.4 Å². The van der Waals surface area contributed by atoms with Gasteiger partial charge in [0.2, 0.25) is 0 Å². The Morgan fingerprint density at radius 2 is 1.76 bits per heavy atom. The van der Waals surface area contributed by atoms with E-state index in [1.165, 1.54) is 4.90 Å². The van der Waals surface area contributed by atoms with Crippen LogP contribution in [0, 0.1) is 37.0 Å². The Kier molecular flexibility index (Phi) is 4.10. The van der Waals surface area contributed by atoms with Crippen LogP contribution in [0.15, 0.2) is 24.3 Å². The largest absolute Gasteiger partial charge is 0.466 e. The number of carbonyl (C=O) groups is 3. The van der Waals surface area contributed by atoms with E-state index in [0.29, 0.717) is 24.2 Å². The fourth-order valence-corrected chi connectivity index (χ4v) is 4.00. The van der Waals surface area contributed by atoms with Crippen LogP contribution in [0.3, 0.4) is 0 Å². The van der Waals surface area contributed by atoms with E-state index in [2.05, 4.69) is 0 Å². The van der Waals surface area contributed by atoms with Crippen molar-refractivity contribution in [1.82, 2.24) is 4.90 Å². The second-order valence-electron chi connectivity index (χ2n) is 6.42. The summed E-state index contributed by atoms with van der Waals surface area (Å²) in [6, 6.07) is 6.58. The number of nitrogens with zero attached hydrogens (tertiary/aromatic N) is 1. The summed E-state index contributed by atoms with van der Waals surface area (Å²) >= 11 is 0. The molecular formula is C20H18NO4. The van der Waals surface area contributed by atoms with Gasteiger partial charge in [-0.15, -0.1) is 0 Å². The molecule has 2 aliphatic carbocycles. The number of benzene rings is 1. The smallest absolute Gasteiger partial charge is 0.306 e. The van der Waals surface area contributed by atoms with Crippen molar-refractivity contribution in [2.75, 3.05) is 6.61 Å². The molecule has 5 nitrogen and oxygen atoms in total. The van der Waals surface area contributed by atoms with E-state index in [1.54, 1.807) is 31.2 Å². The Morgan fingerprint density at radius 3 is 2.40 bits per heavy atom. The molecule has 127 valence electrons. The van der Waals surface area contributed by atoms with Gasteiger partial charge in [0.05, 0.1) is 17.7 Å². The lowest BCUT2D eigenvalue weighted by Crippen LogP contribution is -2.41. The summed E-state index contributed by atoms with van der Waals surface area (Å²) in [5, 5.41) is 0. The predicted molar refractivity (Wildman–Crippen MR) is 89.5 cm³/mol. The van der Waals surface area contributed by atoms with Crippen LogP contribution in [0.1, 0.15) is 40.5 Å². The molecule has 5 heteroatoms. The van der Waals surface area contributed by atoms with E-state index >= 15 is 0 Å². The number of rotatable bonds is 4. The van der Waals surface area contributed by atoms with Crippen LogP contribution >= 0.6 is 0 Å². The van der Waals surface area contributed by atoms with Gasteiger partial charge >= 0.3 is 5.97 Å². The van der Waals surface area contributed by atoms with Gasteiger partial charge in [-0.05, 0) is 56.6 Å². The third-order valence-electron chi connectivity index (χ3n) is 5.05. The minimum atomic E-state index is -0.322. The van der Waals surface area contributed by atoms with E-state index in [1.807, 2.05) is 19.3 Å². The molecule has 2 amide bonds. The van der Waals surface area contributed by atoms with Crippen molar-refractivity contribution in [2.45, 2.75) is 25.8 Å². The number of hydrogen-bond donors (Lipinski definition) is 0. The number of ether oxygens (including phenoxy) is 1. The Hall–Kier alpha value is -2.17. The molecule has 0 aromatic heterocycles. The van der Waals surface area contributed by atoms with Crippen molar-refractivity contribution >= 4 is 17.8 Å². The summed E-state index contributed by atoms with van der Waals surface area (Å²) in [7, 11) is 0. The maximum Gasteiger partial charge on any atom is 0.306 e. The fraction of sp³-hybridized carbons (Fsp3) is 0.300. The predicted octanol–water partition coefficient (Wildman–Crippen LogP) is 2.40. The van der Waals surface area contributed by atoms with Gasteiger partial charge in [0.25, 0.3) is 11.8 Å². The lowest BCUT2D eigenvalue weighted by atomic mass is 9.89. The highest BCUT2D eigenvalue weighted by Gasteiger charge is 2.53. The van der Waals surface area contributed by atoms with Crippen molar-refractivity contribution in [3.05, 3.63) is 66.5 Å².